The molecule has 3 aromatic rings. The molecule has 1 amide bonds. The molecular weight excluding hydrogens is 340 g/mol. The molecule has 0 radical (unpaired) electrons. The van der Waals surface area contributed by atoms with Gasteiger partial charge in [-0.2, -0.15) is 4.98 Å². The quantitative estimate of drug-likeness (QED) is 0.683. The van der Waals surface area contributed by atoms with Gasteiger partial charge < -0.3 is 9.84 Å². The van der Waals surface area contributed by atoms with Crippen molar-refractivity contribution < 1.29 is 9.32 Å². The van der Waals surface area contributed by atoms with Gasteiger partial charge in [0.05, 0.1) is 6.04 Å². The maximum atomic E-state index is 12.2. The molecule has 2 heterocycles. The molecule has 0 bridgehead atoms. The van der Waals surface area contributed by atoms with Crippen LogP contribution < -0.4 is 5.32 Å². The maximum absolute atomic E-state index is 12.2. The van der Waals surface area contributed by atoms with E-state index in [2.05, 4.69) is 58.6 Å². The highest BCUT2D eigenvalue weighted by Gasteiger charge is 2.13. The van der Waals surface area contributed by atoms with Gasteiger partial charge in [-0.05, 0) is 36.1 Å². The van der Waals surface area contributed by atoms with Crippen LogP contribution in [0.4, 0.5) is 0 Å². The van der Waals surface area contributed by atoms with Gasteiger partial charge in [0, 0.05) is 30.8 Å². The summed E-state index contributed by atoms with van der Waals surface area (Å²) < 4.78 is 5.23. The number of pyridine rings is 1. The van der Waals surface area contributed by atoms with Crippen molar-refractivity contribution in [3.63, 3.8) is 0 Å². The Hall–Kier alpha value is -3.02. The summed E-state index contributed by atoms with van der Waals surface area (Å²) in [5, 5.41) is 6.97. The Kier molecular flexibility index (Phi) is 5.96. The second-order valence-electron chi connectivity index (χ2n) is 6.86. The Balaban J connectivity index is 1.51. The first-order valence-electron chi connectivity index (χ1n) is 9.15. The Morgan fingerprint density at radius 3 is 2.37 bits per heavy atom. The van der Waals surface area contributed by atoms with Gasteiger partial charge in [0.25, 0.3) is 0 Å². The monoisotopic (exact) mass is 364 g/mol. The summed E-state index contributed by atoms with van der Waals surface area (Å²) in [7, 11) is 0. The van der Waals surface area contributed by atoms with Crippen molar-refractivity contribution in [1.82, 2.24) is 20.4 Å². The fraction of sp³-hybridized carbons (Fsp3) is 0.333. The second-order valence-corrected chi connectivity index (χ2v) is 6.86. The second kappa shape index (κ2) is 8.58. The average Bonchev–Trinajstić information content (AvgIpc) is 3.16. The summed E-state index contributed by atoms with van der Waals surface area (Å²) in [6.45, 7) is 6.31. The van der Waals surface area contributed by atoms with E-state index in [-0.39, 0.29) is 11.9 Å². The molecule has 0 saturated heterocycles. The predicted octanol–water partition coefficient (Wildman–Crippen LogP) is 4.07. The number of carbonyl (C=O) groups is 1. The van der Waals surface area contributed by atoms with E-state index in [4.69, 9.17) is 4.52 Å². The average molecular weight is 364 g/mol. The van der Waals surface area contributed by atoms with E-state index >= 15 is 0 Å². The molecule has 1 atom stereocenters. The number of aryl methyl sites for hydroxylation is 1. The number of benzene rings is 1. The SMILES string of the molecule is CC(C)c1ccc([C@H](C)NC(=O)CCc2nc(-c3ccncc3)no2)cc1. The van der Waals surface area contributed by atoms with Crippen LogP contribution in [0.25, 0.3) is 11.4 Å². The zero-order valence-corrected chi connectivity index (χ0v) is 15.8. The van der Waals surface area contributed by atoms with Gasteiger partial charge in [-0.25, -0.2) is 0 Å². The van der Waals surface area contributed by atoms with Crippen molar-refractivity contribution in [1.29, 1.82) is 0 Å². The molecule has 3 rings (SSSR count). The highest BCUT2D eigenvalue weighted by atomic mass is 16.5. The van der Waals surface area contributed by atoms with E-state index in [1.54, 1.807) is 12.4 Å². The lowest BCUT2D eigenvalue weighted by atomic mass is 9.99. The van der Waals surface area contributed by atoms with Gasteiger partial charge in [-0.15, -0.1) is 0 Å². The zero-order chi connectivity index (χ0) is 19.2. The molecule has 0 aliphatic carbocycles. The van der Waals surface area contributed by atoms with Gasteiger partial charge in [0.2, 0.25) is 17.6 Å². The normalized spacial score (nSPS) is 12.1. The van der Waals surface area contributed by atoms with Gasteiger partial charge in [-0.3, -0.25) is 9.78 Å². The van der Waals surface area contributed by atoms with Crippen molar-refractivity contribution in [2.75, 3.05) is 0 Å². The first kappa shape index (κ1) is 18.8. The molecule has 27 heavy (non-hydrogen) atoms. The molecule has 0 saturated carbocycles. The van der Waals surface area contributed by atoms with E-state index in [0.717, 1.165) is 11.1 Å². The molecule has 0 aliphatic rings. The fourth-order valence-electron chi connectivity index (χ4n) is 2.76. The van der Waals surface area contributed by atoms with E-state index < -0.39 is 0 Å². The Morgan fingerprint density at radius 1 is 1.04 bits per heavy atom. The predicted molar refractivity (Wildman–Crippen MR) is 103 cm³/mol. The van der Waals surface area contributed by atoms with Crippen molar-refractivity contribution in [2.45, 2.75) is 45.6 Å². The molecular formula is C21H24N4O2. The standard InChI is InChI=1S/C21H24N4O2/c1-14(2)16-4-6-17(7-5-16)15(3)23-19(26)8-9-20-24-21(25-27-20)18-10-12-22-13-11-18/h4-7,10-15H,8-9H2,1-3H3,(H,23,26)/t15-/m0/s1. The number of nitrogens with zero attached hydrogens (tertiary/aromatic N) is 3. The lowest BCUT2D eigenvalue weighted by Gasteiger charge is -2.15. The highest BCUT2D eigenvalue weighted by molar-refractivity contribution is 5.76. The number of hydrogen-bond donors (Lipinski definition) is 1. The molecule has 6 heteroatoms. The van der Waals surface area contributed by atoms with Crippen molar-refractivity contribution in [3.05, 3.63) is 65.8 Å². The minimum absolute atomic E-state index is 0.0425. The minimum Gasteiger partial charge on any atom is -0.350 e. The lowest BCUT2D eigenvalue weighted by molar-refractivity contribution is -0.121. The van der Waals surface area contributed by atoms with Crippen molar-refractivity contribution >= 4 is 5.91 Å². The summed E-state index contributed by atoms with van der Waals surface area (Å²) >= 11 is 0. The summed E-state index contributed by atoms with van der Waals surface area (Å²) in [4.78, 5) is 20.5. The smallest absolute Gasteiger partial charge is 0.227 e. The van der Waals surface area contributed by atoms with Crippen LogP contribution in [0, 0.1) is 0 Å². The molecule has 0 fully saturated rings. The summed E-state index contributed by atoms with van der Waals surface area (Å²) in [5.41, 5.74) is 3.21. The van der Waals surface area contributed by atoms with Crippen LogP contribution in [0.1, 0.15) is 56.2 Å². The van der Waals surface area contributed by atoms with Gasteiger partial charge in [-0.1, -0.05) is 43.3 Å². The van der Waals surface area contributed by atoms with Crippen LogP contribution in [0.15, 0.2) is 53.3 Å². The summed E-state index contributed by atoms with van der Waals surface area (Å²) in [6, 6.07) is 11.9. The van der Waals surface area contributed by atoms with Crippen LogP contribution in [-0.4, -0.2) is 21.0 Å². The molecule has 140 valence electrons. The van der Waals surface area contributed by atoms with Crippen molar-refractivity contribution in [3.8, 4) is 11.4 Å². The zero-order valence-electron chi connectivity index (χ0n) is 15.8. The molecule has 6 nitrogen and oxygen atoms in total. The van der Waals surface area contributed by atoms with Gasteiger partial charge in [0.15, 0.2) is 0 Å². The number of amides is 1. The van der Waals surface area contributed by atoms with E-state index in [1.807, 2.05) is 19.1 Å². The third-order valence-electron chi connectivity index (χ3n) is 4.45. The Labute approximate surface area is 159 Å². The minimum atomic E-state index is -0.0474. The topological polar surface area (TPSA) is 80.9 Å². The van der Waals surface area contributed by atoms with Crippen LogP contribution in [0.5, 0.6) is 0 Å². The first-order chi connectivity index (χ1) is 13.0. The molecule has 0 aliphatic heterocycles. The highest BCUT2D eigenvalue weighted by Crippen LogP contribution is 2.19. The number of rotatable bonds is 7. The number of nitrogens with one attached hydrogen (secondary N) is 1. The largest absolute Gasteiger partial charge is 0.350 e. The Bertz CT molecular complexity index is 873. The number of aromatic nitrogens is 3. The van der Waals surface area contributed by atoms with E-state index in [9.17, 15) is 4.79 Å². The van der Waals surface area contributed by atoms with Gasteiger partial charge in [0.1, 0.15) is 0 Å². The molecule has 0 spiro atoms. The Morgan fingerprint density at radius 2 is 1.70 bits per heavy atom. The summed E-state index contributed by atoms with van der Waals surface area (Å²) in [5.74, 6) is 1.41. The maximum Gasteiger partial charge on any atom is 0.227 e. The van der Waals surface area contributed by atoms with Crippen molar-refractivity contribution in [2.24, 2.45) is 0 Å². The molecule has 0 unspecified atom stereocenters. The fourth-order valence-corrected chi connectivity index (χ4v) is 2.76. The third-order valence-corrected chi connectivity index (χ3v) is 4.45. The third kappa shape index (κ3) is 5.00. The van der Waals surface area contributed by atoms with E-state index in [1.165, 1.54) is 5.56 Å². The lowest BCUT2D eigenvalue weighted by Crippen LogP contribution is -2.26. The van der Waals surface area contributed by atoms with Crippen LogP contribution in [0.3, 0.4) is 0 Å². The number of carbonyl (C=O) groups excluding carboxylic acids is 1. The summed E-state index contributed by atoms with van der Waals surface area (Å²) in [6.07, 6.45) is 4.05. The van der Waals surface area contributed by atoms with Crippen LogP contribution >= 0.6 is 0 Å². The molecule has 1 aromatic carbocycles. The molecule has 2 aromatic heterocycles. The molecule has 1 N–H and O–H groups in total. The number of hydrogen-bond acceptors (Lipinski definition) is 5. The van der Waals surface area contributed by atoms with Crippen LogP contribution in [0.2, 0.25) is 0 Å². The van der Waals surface area contributed by atoms with Gasteiger partial charge >= 0.3 is 0 Å². The van der Waals surface area contributed by atoms with E-state index in [0.29, 0.717) is 30.5 Å². The van der Waals surface area contributed by atoms with Crippen LogP contribution in [-0.2, 0) is 11.2 Å². The first-order valence-corrected chi connectivity index (χ1v) is 9.15.